The summed E-state index contributed by atoms with van der Waals surface area (Å²) in [6, 6.07) is 11.0. The van der Waals surface area contributed by atoms with Crippen molar-refractivity contribution in [3.63, 3.8) is 0 Å². The quantitative estimate of drug-likeness (QED) is 0.678. The average molecular weight is 254 g/mol. The van der Waals surface area contributed by atoms with Crippen LogP contribution in [-0.2, 0) is 0 Å². The van der Waals surface area contributed by atoms with Crippen LogP contribution >= 0.6 is 23.2 Å². The zero-order chi connectivity index (χ0) is 11.7. The summed E-state index contributed by atoms with van der Waals surface area (Å²) in [5, 5.41) is 0.913. The normalized spacial score (nSPS) is 10.5. The number of hydrogen-bond donors (Lipinski definition) is 0. The third kappa shape index (κ3) is 2.21. The Morgan fingerprint density at radius 2 is 1.94 bits per heavy atom. The van der Waals surface area contributed by atoms with Crippen LogP contribution in [0.5, 0.6) is 0 Å². The molecule has 0 aliphatic carbocycles. The molecule has 0 fully saturated rings. The fourth-order valence-electron chi connectivity index (χ4n) is 1.58. The van der Waals surface area contributed by atoms with Crippen LogP contribution in [0.15, 0.2) is 30.3 Å². The van der Waals surface area contributed by atoms with Gasteiger partial charge in [-0.25, -0.2) is 4.39 Å². The van der Waals surface area contributed by atoms with Crippen LogP contribution in [0.25, 0.3) is 11.1 Å². The molecule has 0 atom stereocenters. The Bertz CT molecular complexity index is 515. The first-order chi connectivity index (χ1) is 7.58. The van der Waals surface area contributed by atoms with Gasteiger partial charge in [-0.1, -0.05) is 35.3 Å². The van der Waals surface area contributed by atoms with E-state index in [1.165, 1.54) is 6.07 Å². The SMILES string of the molecule is Cc1c(Cl)cccc1-c1cc(F)[c]c(Cl)c1. The fraction of sp³-hybridized carbons (Fsp3) is 0.0769. The predicted octanol–water partition coefficient (Wildman–Crippen LogP) is 4.91. The van der Waals surface area contributed by atoms with E-state index in [-0.39, 0.29) is 5.02 Å². The first kappa shape index (κ1) is 11.4. The van der Waals surface area contributed by atoms with Crippen molar-refractivity contribution in [2.75, 3.05) is 0 Å². The van der Waals surface area contributed by atoms with Crippen molar-refractivity contribution >= 4 is 23.2 Å². The molecule has 16 heavy (non-hydrogen) atoms. The van der Waals surface area contributed by atoms with Crippen molar-refractivity contribution in [3.8, 4) is 11.1 Å². The molecule has 0 amide bonds. The number of hydrogen-bond acceptors (Lipinski definition) is 0. The van der Waals surface area contributed by atoms with E-state index in [4.69, 9.17) is 23.2 Å². The second kappa shape index (κ2) is 4.44. The van der Waals surface area contributed by atoms with E-state index in [0.717, 1.165) is 11.1 Å². The molecule has 0 saturated heterocycles. The van der Waals surface area contributed by atoms with Gasteiger partial charge in [-0.05, 0) is 41.8 Å². The van der Waals surface area contributed by atoms with Crippen molar-refractivity contribution < 1.29 is 4.39 Å². The summed E-state index contributed by atoms with van der Waals surface area (Å²) in [7, 11) is 0. The van der Waals surface area contributed by atoms with Crippen LogP contribution in [0.4, 0.5) is 4.39 Å². The molecule has 2 rings (SSSR count). The van der Waals surface area contributed by atoms with Crippen LogP contribution in [-0.4, -0.2) is 0 Å². The van der Waals surface area contributed by atoms with Gasteiger partial charge in [0.25, 0.3) is 0 Å². The molecule has 0 bridgehead atoms. The Hall–Kier alpha value is -1.05. The van der Waals surface area contributed by atoms with Gasteiger partial charge in [0.2, 0.25) is 0 Å². The van der Waals surface area contributed by atoms with Crippen molar-refractivity contribution in [3.05, 3.63) is 57.8 Å². The van der Waals surface area contributed by atoms with Gasteiger partial charge in [0.1, 0.15) is 5.82 Å². The molecular weight excluding hydrogens is 246 g/mol. The standard InChI is InChI=1S/C13H8Cl2F/c1-8-12(3-2-4-13(8)15)9-5-10(14)7-11(16)6-9/h2-6H,1H3. The molecule has 0 saturated carbocycles. The molecule has 1 radical (unpaired) electrons. The molecule has 2 aromatic carbocycles. The Balaban J connectivity index is 2.63. The maximum Gasteiger partial charge on any atom is 0.133 e. The molecule has 2 aromatic rings. The smallest absolute Gasteiger partial charge is 0.133 e. The summed E-state index contributed by atoms with van der Waals surface area (Å²) >= 11 is 11.8. The summed E-state index contributed by atoms with van der Waals surface area (Å²) in [5.74, 6) is -0.470. The largest absolute Gasteiger partial charge is 0.206 e. The van der Waals surface area contributed by atoms with Gasteiger partial charge in [0.15, 0.2) is 0 Å². The maximum absolute atomic E-state index is 13.2. The van der Waals surface area contributed by atoms with Gasteiger partial charge in [0, 0.05) is 11.1 Å². The van der Waals surface area contributed by atoms with E-state index in [9.17, 15) is 4.39 Å². The Morgan fingerprint density at radius 3 is 2.62 bits per heavy atom. The summed E-state index contributed by atoms with van der Waals surface area (Å²) < 4.78 is 13.2. The van der Waals surface area contributed by atoms with E-state index >= 15 is 0 Å². The Labute approximate surface area is 104 Å². The third-order valence-corrected chi connectivity index (χ3v) is 3.00. The predicted molar refractivity (Wildman–Crippen MR) is 65.4 cm³/mol. The molecular formula is C13H8Cl2F. The highest BCUT2D eigenvalue weighted by Crippen LogP contribution is 2.30. The number of halogens is 3. The van der Waals surface area contributed by atoms with Crippen LogP contribution in [0.3, 0.4) is 0 Å². The minimum Gasteiger partial charge on any atom is -0.206 e. The molecule has 3 heteroatoms. The molecule has 0 N–H and O–H groups in total. The highest BCUT2D eigenvalue weighted by Gasteiger charge is 2.07. The van der Waals surface area contributed by atoms with Gasteiger partial charge in [-0.15, -0.1) is 0 Å². The monoisotopic (exact) mass is 253 g/mol. The molecule has 81 valence electrons. The topological polar surface area (TPSA) is 0 Å². The van der Waals surface area contributed by atoms with Crippen LogP contribution in [0, 0.1) is 18.8 Å². The molecule has 0 aliphatic heterocycles. The molecule has 0 unspecified atom stereocenters. The lowest BCUT2D eigenvalue weighted by atomic mass is 10.0. The van der Waals surface area contributed by atoms with Crippen molar-refractivity contribution in [2.45, 2.75) is 6.92 Å². The molecule has 0 aromatic heterocycles. The summed E-state index contributed by atoms with van der Waals surface area (Å²) in [5.41, 5.74) is 2.49. The van der Waals surface area contributed by atoms with E-state index in [1.54, 1.807) is 12.1 Å². The maximum atomic E-state index is 13.2. The van der Waals surface area contributed by atoms with Crippen molar-refractivity contribution in [2.24, 2.45) is 0 Å². The molecule has 0 aliphatic rings. The lowest BCUT2D eigenvalue weighted by Gasteiger charge is -2.08. The van der Waals surface area contributed by atoms with E-state index in [2.05, 4.69) is 6.07 Å². The van der Waals surface area contributed by atoms with Crippen molar-refractivity contribution in [1.29, 1.82) is 0 Å². The molecule has 0 nitrogen and oxygen atoms in total. The summed E-state index contributed by atoms with van der Waals surface area (Å²) in [6.07, 6.45) is 0. The zero-order valence-electron chi connectivity index (χ0n) is 8.52. The number of rotatable bonds is 1. The molecule has 0 spiro atoms. The van der Waals surface area contributed by atoms with Gasteiger partial charge < -0.3 is 0 Å². The van der Waals surface area contributed by atoms with Gasteiger partial charge in [-0.2, -0.15) is 0 Å². The zero-order valence-corrected chi connectivity index (χ0v) is 10.0. The van der Waals surface area contributed by atoms with Crippen LogP contribution < -0.4 is 0 Å². The highest BCUT2D eigenvalue weighted by atomic mass is 35.5. The van der Waals surface area contributed by atoms with Crippen LogP contribution in [0.1, 0.15) is 5.56 Å². The lowest BCUT2D eigenvalue weighted by Crippen LogP contribution is -1.86. The van der Waals surface area contributed by atoms with E-state index < -0.39 is 5.82 Å². The van der Waals surface area contributed by atoms with Crippen molar-refractivity contribution in [1.82, 2.24) is 0 Å². The first-order valence-corrected chi connectivity index (χ1v) is 5.47. The van der Waals surface area contributed by atoms with E-state index in [1.807, 2.05) is 19.1 Å². The highest BCUT2D eigenvalue weighted by molar-refractivity contribution is 6.32. The van der Waals surface area contributed by atoms with Gasteiger partial charge in [0.05, 0.1) is 5.02 Å². The summed E-state index contributed by atoms with van der Waals surface area (Å²) in [6.45, 7) is 1.89. The van der Waals surface area contributed by atoms with Gasteiger partial charge >= 0.3 is 0 Å². The minimum atomic E-state index is -0.470. The number of benzene rings is 2. The fourth-order valence-corrected chi connectivity index (χ4v) is 1.96. The van der Waals surface area contributed by atoms with Gasteiger partial charge in [-0.3, -0.25) is 0 Å². The average Bonchev–Trinajstić information content (AvgIpc) is 2.20. The van der Waals surface area contributed by atoms with E-state index in [0.29, 0.717) is 10.6 Å². The molecule has 0 heterocycles. The third-order valence-electron chi connectivity index (χ3n) is 2.38. The second-order valence-corrected chi connectivity index (χ2v) is 4.29. The lowest BCUT2D eigenvalue weighted by molar-refractivity contribution is 0.626. The Morgan fingerprint density at radius 1 is 1.19 bits per heavy atom. The Kier molecular flexibility index (Phi) is 3.17. The second-order valence-electron chi connectivity index (χ2n) is 3.48. The minimum absolute atomic E-state index is 0.259. The van der Waals surface area contributed by atoms with Crippen LogP contribution in [0.2, 0.25) is 10.0 Å². The summed E-state index contributed by atoms with van der Waals surface area (Å²) in [4.78, 5) is 0. The first-order valence-electron chi connectivity index (χ1n) is 4.72.